The fourth-order valence-corrected chi connectivity index (χ4v) is 8.62. The molecule has 162 valence electrons. The van der Waals surface area contributed by atoms with Crippen molar-refractivity contribution in [3.63, 3.8) is 0 Å². The molecule has 0 unspecified atom stereocenters. The first kappa shape index (κ1) is 22.3. The lowest BCUT2D eigenvalue weighted by Gasteiger charge is -2.27. The van der Waals surface area contributed by atoms with Gasteiger partial charge >= 0.3 is 0 Å². The highest BCUT2D eigenvalue weighted by Gasteiger charge is 2.44. The van der Waals surface area contributed by atoms with E-state index in [0.29, 0.717) is 6.61 Å². The van der Waals surface area contributed by atoms with E-state index in [1.807, 2.05) is 24.3 Å². The van der Waals surface area contributed by atoms with Gasteiger partial charge in [-0.15, -0.1) is 0 Å². The molecule has 2 nitrogen and oxygen atoms in total. The Morgan fingerprint density at radius 2 is 1.03 bits per heavy atom. The molecule has 0 spiro atoms. The number of ether oxygens (including phenoxy) is 1. The fraction of sp³-hybridized carbons (Fsp3) is 0.172. The predicted molar refractivity (Wildman–Crippen MR) is 137 cm³/mol. The number of aliphatic hydroxyl groups excluding tert-OH is 1. The van der Waals surface area contributed by atoms with Crippen LogP contribution in [0.15, 0.2) is 115 Å². The van der Waals surface area contributed by atoms with Gasteiger partial charge in [0, 0.05) is 0 Å². The van der Waals surface area contributed by atoms with Crippen LogP contribution in [0.2, 0.25) is 0 Å². The van der Waals surface area contributed by atoms with Crippen LogP contribution in [0, 0.1) is 0 Å². The summed E-state index contributed by atoms with van der Waals surface area (Å²) in [5.41, 5.74) is 0.903. The molecule has 0 saturated carbocycles. The normalized spacial score (nSPS) is 11.3. The van der Waals surface area contributed by atoms with Crippen molar-refractivity contribution in [3.05, 3.63) is 121 Å². The minimum absolute atomic E-state index is 0.0600. The smallest absolute Gasteiger partial charge is 0.119 e. The average molecular weight is 442 g/mol. The van der Waals surface area contributed by atoms with Gasteiger partial charge in [0.25, 0.3) is 0 Å². The van der Waals surface area contributed by atoms with Crippen LogP contribution in [0.5, 0.6) is 5.75 Å². The van der Waals surface area contributed by atoms with Crippen LogP contribution < -0.4 is 20.7 Å². The Morgan fingerprint density at radius 3 is 1.47 bits per heavy atom. The van der Waals surface area contributed by atoms with E-state index in [-0.39, 0.29) is 6.61 Å². The van der Waals surface area contributed by atoms with E-state index in [1.54, 1.807) is 0 Å². The second-order valence-electron chi connectivity index (χ2n) is 7.90. The van der Waals surface area contributed by atoms with Crippen molar-refractivity contribution >= 4 is 23.2 Å². The summed E-state index contributed by atoms with van der Waals surface area (Å²) in [6.07, 6.45) is 3.19. The summed E-state index contributed by atoms with van der Waals surface area (Å²) >= 11 is 0. The maximum atomic E-state index is 9.19. The van der Waals surface area contributed by atoms with Crippen LogP contribution in [-0.2, 0) is 6.61 Å². The molecule has 0 amide bonds. The zero-order valence-electron chi connectivity index (χ0n) is 18.3. The minimum atomic E-state index is -1.76. The molecule has 0 saturated heterocycles. The number of hydrogen-bond donors (Lipinski definition) is 1. The molecule has 4 aromatic rings. The van der Waals surface area contributed by atoms with Gasteiger partial charge in [-0.25, -0.2) is 0 Å². The molecule has 0 radical (unpaired) electrons. The lowest BCUT2D eigenvalue weighted by atomic mass is 10.2. The van der Waals surface area contributed by atoms with Gasteiger partial charge in [0.2, 0.25) is 0 Å². The van der Waals surface area contributed by atoms with Crippen LogP contribution in [0.3, 0.4) is 0 Å². The molecule has 1 N–H and O–H groups in total. The summed E-state index contributed by atoms with van der Waals surface area (Å²) in [7, 11) is -1.76. The van der Waals surface area contributed by atoms with E-state index >= 15 is 0 Å². The Morgan fingerprint density at radius 1 is 0.562 bits per heavy atom. The molecule has 0 aliphatic rings. The molecule has 4 rings (SSSR count). The third kappa shape index (κ3) is 5.10. The van der Waals surface area contributed by atoms with Crippen molar-refractivity contribution in [2.75, 3.05) is 12.8 Å². The standard InChI is InChI=1S/C29H30O2P/c30-24-25-18-20-26(21-19-25)31-22-10-11-23-32(27-12-4-1-5-13-27,28-14-6-2-7-15-28)29-16-8-3-9-17-29/h1-9,12-21,30H,10-11,22-24H2/q+1. The van der Waals surface area contributed by atoms with Crippen molar-refractivity contribution in [2.24, 2.45) is 0 Å². The number of rotatable bonds is 10. The van der Waals surface area contributed by atoms with Gasteiger partial charge in [0.15, 0.2) is 0 Å². The third-order valence-electron chi connectivity index (χ3n) is 5.85. The molecule has 3 heteroatoms. The molecule has 4 aromatic carbocycles. The van der Waals surface area contributed by atoms with Gasteiger partial charge in [-0.1, -0.05) is 66.7 Å². The molecule has 0 atom stereocenters. The SMILES string of the molecule is OCc1ccc(OCCCC[P+](c2ccccc2)(c2ccccc2)c2ccccc2)cc1. The number of unbranched alkanes of at least 4 members (excludes halogenated alkanes) is 1. The van der Waals surface area contributed by atoms with Crippen molar-refractivity contribution in [2.45, 2.75) is 19.4 Å². The molecular weight excluding hydrogens is 411 g/mol. The lowest BCUT2D eigenvalue weighted by Crippen LogP contribution is -2.33. The average Bonchev–Trinajstić information content (AvgIpc) is 2.88. The maximum Gasteiger partial charge on any atom is 0.119 e. The van der Waals surface area contributed by atoms with Crippen LogP contribution in [-0.4, -0.2) is 17.9 Å². The second-order valence-corrected chi connectivity index (χ2v) is 11.5. The molecule has 0 aromatic heterocycles. The Bertz CT molecular complexity index is 968. The second kappa shape index (κ2) is 11.1. The Labute approximate surface area is 191 Å². The lowest BCUT2D eigenvalue weighted by molar-refractivity contribution is 0.281. The summed E-state index contributed by atoms with van der Waals surface area (Å²) in [5, 5.41) is 13.5. The Balaban J connectivity index is 1.55. The summed E-state index contributed by atoms with van der Waals surface area (Å²) < 4.78 is 5.97. The van der Waals surface area contributed by atoms with E-state index in [9.17, 15) is 5.11 Å². The monoisotopic (exact) mass is 441 g/mol. The summed E-state index contributed by atoms with van der Waals surface area (Å²) in [5.74, 6) is 0.859. The zero-order valence-corrected chi connectivity index (χ0v) is 19.2. The molecule has 0 aliphatic heterocycles. The summed E-state index contributed by atoms with van der Waals surface area (Å²) in [6, 6.07) is 40.7. The van der Waals surface area contributed by atoms with Crippen molar-refractivity contribution < 1.29 is 9.84 Å². The minimum Gasteiger partial charge on any atom is -0.494 e. The van der Waals surface area contributed by atoms with Gasteiger partial charge in [-0.3, -0.25) is 0 Å². The van der Waals surface area contributed by atoms with E-state index in [2.05, 4.69) is 91.0 Å². The van der Waals surface area contributed by atoms with E-state index in [0.717, 1.165) is 30.3 Å². The van der Waals surface area contributed by atoms with Gasteiger partial charge in [0.1, 0.15) is 28.9 Å². The van der Waals surface area contributed by atoms with Gasteiger partial charge in [-0.2, -0.15) is 0 Å². The third-order valence-corrected chi connectivity index (χ3v) is 10.4. The summed E-state index contributed by atoms with van der Waals surface area (Å²) in [6.45, 7) is 0.751. The predicted octanol–water partition coefficient (Wildman–Crippen LogP) is 5.33. The maximum absolute atomic E-state index is 9.19. The Kier molecular flexibility index (Phi) is 7.72. The van der Waals surface area contributed by atoms with Gasteiger partial charge < -0.3 is 9.84 Å². The molecule has 0 bridgehead atoms. The van der Waals surface area contributed by atoms with Crippen molar-refractivity contribution in [1.82, 2.24) is 0 Å². The highest BCUT2D eigenvalue weighted by molar-refractivity contribution is 7.95. The van der Waals surface area contributed by atoms with Crippen LogP contribution >= 0.6 is 7.26 Å². The molecular formula is C29H30O2P+. The number of aliphatic hydroxyl groups is 1. The van der Waals surface area contributed by atoms with E-state index < -0.39 is 7.26 Å². The molecule has 0 fully saturated rings. The van der Waals surface area contributed by atoms with Gasteiger partial charge in [-0.05, 0) is 66.9 Å². The quantitative estimate of drug-likeness (QED) is 0.266. The molecule has 32 heavy (non-hydrogen) atoms. The number of benzene rings is 4. The van der Waals surface area contributed by atoms with Crippen molar-refractivity contribution in [3.8, 4) is 5.75 Å². The van der Waals surface area contributed by atoms with Crippen LogP contribution in [0.1, 0.15) is 18.4 Å². The highest BCUT2D eigenvalue weighted by atomic mass is 31.2. The molecule has 0 heterocycles. The van der Waals surface area contributed by atoms with Crippen molar-refractivity contribution in [1.29, 1.82) is 0 Å². The first-order chi connectivity index (χ1) is 15.8. The first-order valence-corrected chi connectivity index (χ1v) is 13.2. The molecule has 0 aliphatic carbocycles. The Hall–Kier alpha value is -2.93. The van der Waals surface area contributed by atoms with Crippen LogP contribution in [0.4, 0.5) is 0 Å². The zero-order chi connectivity index (χ0) is 22.1. The van der Waals surface area contributed by atoms with Crippen LogP contribution in [0.25, 0.3) is 0 Å². The first-order valence-electron chi connectivity index (χ1n) is 11.2. The number of hydrogen-bond acceptors (Lipinski definition) is 2. The fourth-order valence-electron chi connectivity index (χ4n) is 4.21. The highest BCUT2D eigenvalue weighted by Crippen LogP contribution is 2.55. The van der Waals surface area contributed by atoms with Gasteiger partial charge in [0.05, 0.1) is 19.4 Å². The summed E-state index contributed by atoms with van der Waals surface area (Å²) in [4.78, 5) is 0. The topological polar surface area (TPSA) is 29.5 Å². The largest absolute Gasteiger partial charge is 0.494 e. The van der Waals surface area contributed by atoms with E-state index in [1.165, 1.54) is 15.9 Å². The van der Waals surface area contributed by atoms with E-state index in [4.69, 9.17) is 4.74 Å².